The van der Waals surface area contributed by atoms with Crippen molar-refractivity contribution in [1.82, 2.24) is 4.31 Å². The van der Waals surface area contributed by atoms with Crippen molar-refractivity contribution in [3.05, 3.63) is 28.8 Å². The molecule has 2 atom stereocenters. The SMILES string of the molecule is COC(=O)c1ccc(Cl)cc1S(=O)(=O)N1CCCC(C(C)N)C1. The molecule has 0 radical (unpaired) electrons. The minimum absolute atomic E-state index is 0.0141. The number of halogens is 1. The van der Waals surface area contributed by atoms with Crippen LogP contribution in [-0.4, -0.2) is 44.9 Å². The van der Waals surface area contributed by atoms with Crippen LogP contribution in [0.3, 0.4) is 0 Å². The van der Waals surface area contributed by atoms with Gasteiger partial charge in [-0.2, -0.15) is 4.31 Å². The van der Waals surface area contributed by atoms with Crippen LogP contribution in [0.15, 0.2) is 23.1 Å². The zero-order valence-corrected chi connectivity index (χ0v) is 14.7. The van der Waals surface area contributed by atoms with Gasteiger partial charge in [0, 0.05) is 24.2 Å². The van der Waals surface area contributed by atoms with E-state index in [0.29, 0.717) is 13.1 Å². The maximum atomic E-state index is 13.0. The normalized spacial score (nSPS) is 21.0. The summed E-state index contributed by atoms with van der Waals surface area (Å²) < 4.78 is 32.0. The second-order valence-electron chi connectivity index (χ2n) is 5.76. The summed E-state index contributed by atoms with van der Waals surface area (Å²) >= 11 is 5.93. The topological polar surface area (TPSA) is 89.7 Å². The molecule has 1 aromatic rings. The van der Waals surface area contributed by atoms with Crippen LogP contribution in [0, 0.1) is 5.92 Å². The van der Waals surface area contributed by atoms with E-state index in [1.54, 1.807) is 0 Å². The summed E-state index contributed by atoms with van der Waals surface area (Å²) in [5, 5.41) is 0.247. The number of sulfonamides is 1. The van der Waals surface area contributed by atoms with E-state index in [0.717, 1.165) is 12.8 Å². The first-order valence-corrected chi connectivity index (χ1v) is 9.22. The van der Waals surface area contributed by atoms with Crippen molar-refractivity contribution in [3.8, 4) is 0 Å². The minimum atomic E-state index is -3.84. The summed E-state index contributed by atoms with van der Waals surface area (Å²) in [6, 6.07) is 4.04. The molecule has 6 nitrogen and oxygen atoms in total. The van der Waals surface area contributed by atoms with E-state index >= 15 is 0 Å². The van der Waals surface area contributed by atoms with Gasteiger partial charge in [0.1, 0.15) is 0 Å². The van der Waals surface area contributed by atoms with Crippen molar-refractivity contribution in [1.29, 1.82) is 0 Å². The first-order valence-electron chi connectivity index (χ1n) is 7.41. The second-order valence-corrected chi connectivity index (χ2v) is 8.10. The number of benzene rings is 1. The van der Waals surface area contributed by atoms with Crippen molar-refractivity contribution in [2.24, 2.45) is 11.7 Å². The van der Waals surface area contributed by atoms with Crippen LogP contribution in [0.1, 0.15) is 30.1 Å². The quantitative estimate of drug-likeness (QED) is 0.828. The number of carbonyl (C=O) groups excluding carboxylic acids is 1. The maximum absolute atomic E-state index is 13.0. The minimum Gasteiger partial charge on any atom is -0.465 e. The van der Waals surface area contributed by atoms with Crippen molar-refractivity contribution < 1.29 is 17.9 Å². The molecule has 0 aromatic heterocycles. The number of nitrogens with zero attached hydrogens (tertiary/aromatic N) is 1. The Hall–Kier alpha value is -1.15. The van der Waals surface area contributed by atoms with Gasteiger partial charge in [0.15, 0.2) is 0 Å². The maximum Gasteiger partial charge on any atom is 0.339 e. The zero-order valence-electron chi connectivity index (χ0n) is 13.2. The lowest BCUT2D eigenvalue weighted by atomic mass is 9.93. The third-order valence-corrected chi connectivity index (χ3v) is 6.27. The Bertz CT molecular complexity index is 691. The second kappa shape index (κ2) is 7.17. The molecule has 1 aromatic carbocycles. The zero-order chi connectivity index (χ0) is 17.2. The molecule has 1 aliphatic rings. The largest absolute Gasteiger partial charge is 0.465 e. The fourth-order valence-electron chi connectivity index (χ4n) is 2.75. The summed E-state index contributed by atoms with van der Waals surface area (Å²) in [5.41, 5.74) is 5.90. The monoisotopic (exact) mass is 360 g/mol. The Morgan fingerprint density at radius 3 is 2.78 bits per heavy atom. The molecule has 8 heteroatoms. The van der Waals surface area contributed by atoms with Gasteiger partial charge in [-0.1, -0.05) is 11.6 Å². The van der Waals surface area contributed by atoms with E-state index in [-0.39, 0.29) is 27.4 Å². The van der Waals surface area contributed by atoms with Crippen molar-refractivity contribution in [2.75, 3.05) is 20.2 Å². The average Bonchev–Trinajstić information content (AvgIpc) is 2.54. The number of esters is 1. The predicted molar refractivity (Wildman–Crippen MR) is 87.9 cm³/mol. The van der Waals surface area contributed by atoms with Gasteiger partial charge in [-0.3, -0.25) is 0 Å². The number of rotatable bonds is 4. The van der Waals surface area contributed by atoms with Crippen LogP contribution >= 0.6 is 11.6 Å². The Labute approximate surface area is 141 Å². The van der Waals surface area contributed by atoms with E-state index in [2.05, 4.69) is 4.74 Å². The van der Waals surface area contributed by atoms with Gasteiger partial charge in [-0.25, -0.2) is 13.2 Å². The number of ether oxygens (including phenoxy) is 1. The lowest BCUT2D eigenvalue weighted by molar-refractivity contribution is 0.0596. The summed E-state index contributed by atoms with van der Waals surface area (Å²) in [4.78, 5) is 11.8. The first-order chi connectivity index (χ1) is 10.8. The van der Waals surface area contributed by atoms with Gasteiger partial charge in [-0.05, 0) is 43.9 Å². The van der Waals surface area contributed by atoms with Gasteiger partial charge in [0.25, 0.3) is 0 Å². The molecule has 0 spiro atoms. The van der Waals surface area contributed by atoms with Crippen LogP contribution in [0.25, 0.3) is 0 Å². The van der Waals surface area contributed by atoms with E-state index < -0.39 is 16.0 Å². The number of hydrogen-bond donors (Lipinski definition) is 1. The first kappa shape index (κ1) is 18.2. The molecule has 0 bridgehead atoms. The van der Waals surface area contributed by atoms with Crippen LogP contribution in [0.4, 0.5) is 0 Å². The van der Waals surface area contributed by atoms with Crippen LogP contribution in [-0.2, 0) is 14.8 Å². The highest BCUT2D eigenvalue weighted by Gasteiger charge is 2.34. The number of hydrogen-bond acceptors (Lipinski definition) is 5. The number of carbonyl (C=O) groups is 1. The van der Waals surface area contributed by atoms with Crippen molar-refractivity contribution >= 4 is 27.6 Å². The lowest BCUT2D eigenvalue weighted by Gasteiger charge is -2.34. The number of methoxy groups -OCH3 is 1. The molecule has 23 heavy (non-hydrogen) atoms. The van der Waals surface area contributed by atoms with Gasteiger partial charge in [0.2, 0.25) is 10.0 Å². The summed E-state index contributed by atoms with van der Waals surface area (Å²) in [6.07, 6.45) is 1.63. The van der Waals surface area contributed by atoms with E-state index in [4.69, 9.17) is 17.3 Å². The predicted octanol–water partition coefficient (Wildman–Crippen LogP) is 1.87. The Kier molecular flexibility index (Phi) is 5.67. The molecule has 2 N–H and O–H groups in total. The molecule has 0 aliphatic carbocycles. The molecule has 1 saturated heterocycles. The highest BCUT2D eigenvalue weighted by Crippen LogP contribution is 2.29. The Morgan fingerprint density at radius 1 is 1.48 bits per heavy atom. The molecule has 1 heterocycles. The summed E-state index contributed by atoms with van der Waals surface area (Å²) in [7, 11) is -2.64. The van der Waals surface area contributed by atoms with Crippen LogP contribution in [0.2, 0.25) is 5.02 Å². The third kappa shape index (κ3) is 3.85. The van der Waals surface area contributed by atoms with E-state index in [9.17, 15) is 13.2 Å². The summed E-state index contributed by atoms with van der Waals surface area (Å²) in [5.74, 6) is -0.611. The third-order valence-electron chi connectivity index (χ3n) is 4.13. The highest BCUT2D eigenvalue weighted by atomic mass is 35.5. The Balaban J connectivity index is 2.43. The highest BCUT2D eigenvalue weighted by molar-refractivity contribution is 7.89. The molecule has 128 valence electrons. The molecule has 1 fully saturated rings. The fourth-order valence-corrected chi connectivity index (χ4v) is 4.73. The molecule has 2 unspecified atom stereocenters. The Morgan fingerprint density at radius 2 is 2.17 bits per heavy atom. The average molecular weight is 361 g/mol. The molecular formula is C15H21ClN2O4S. The van der Waals surface area contributed by atoms with Gasteiger partial charge < -0.3 is 10.5 Å². The van der Waals surface area contributed by atoms with Crippen molar-refractivity contribution in [3.63, 3.8) is 0 Å². The van der Waals surface area contributed by atoms with E-state index in [1.807, 2.05) is 6.92 Å². The summed E-state index contributed by atoms with van der Waals surface area (Å²) in [6.45, 7) is 2.62. The van der Waals surface area contributed by atoms with Gasteiger partial charge in [0.05, 0.1) is 17.6 Å². The fraction of sp³-hybridized carbons (Fsp3) is 0.533. The van der Waals surface area contributed by atoms with Gasteiger partial charge in [-0.15, -0.1) is 0 Å². The number of nitrogens with two attached hydrogens (primary N) is 1. The number of piperidine rings is 1. The molecule has 0 saturated carbocycles. The smallest absolute Gasteiger partial charge is 0.339 e. The molecule has 1 aliphatic heterocycles. The molecule has 2 rings (SSSR count). The van der Waals surface area contributed by atoms with Crippen molar-refractivity contribution in [2.45, 2.75) is 30.7 Å². The van der Waals surface area contributed by atoms with Gasteiger partial charge >= 0.3 is 5.97 Å². The standard InChI is InChI=1S/C15H21ClN2O4S/c1-10(17)11-4-3-7-18(9-11)23(20,21)14-8-12(16)5-6-13(14)15(19)22-2/h5-6,8,10-11H,3-4,7,9,17H2,1-2H3. The van der Waals surface area contributed by atoms with E-state index in [1.165, 1.54) is 29.6 Å². The molecular weight excluding hydrogens is 340 g/mol. The van der Waals surface area contributed by atoms with Crippen LogP contribution in [0.5, 0.6) is 0 Å². The molecule has 0 amide bonds. The van der Waals surface area contributed by atoms with Crippen LogP contribution < -0.4 is 5.73 Å². The lowest BCUT2D eigenvalue weighted by Crippen LogP contribution is -2.45.